The van der Waals surface area contributed by atoms with Gasteiger partial charge in [0.2, 0.25) is 0 Å². The highest BCUT2D eigenvalue weighted by Crippen LogP contribution is 2.17. The molecule has 0 aliphatic heterocycles. The van der Waals surface area contributed by atoms with E-state index in [1.165, 1.54) is 12.1 Å². The Kier molecular flexibility index (Phi) is 2.76. The third-order valence-corrected chi connectivity index (χ3v) is 2.22. The number of anilines is 1. The molecule has 0 N–H and O–H groups in total. The van der Waals surface area contributed by atoms with Gasteiger partial charge in [-0.1, -0.05) is 11.9 Å². The predicted octanol–water partition coefficient (Wildman–Crippen LogP) is 2.54. The van der Waals surface area contributed by atoms with Gasteiger partial charge in [0, 0.05) is 19.0 Å². The second kappa shape index (κ2) is 3.62. The second-order valence-corrected chi connectivity index (χ2v) is 3.07. The molecule has 60 valence electrons. The average Bonchev–Trinajstić information content (AvgIpc) is 2.05. The van der Waals surface area contributed by atoms with Crippen molar-refractivity contribution < 1.29 is 4.39 Å². The van der Waals surface area contributed by atoms with Crippen LogP contribution in [0.5, 0.6) is 0 Å². The van der Waals surface area contributed by atoms with E-state index < -0.39 is 0 Å². The molecule has 1 aromatic rings. The molecule has 1 rings (SSSR count). The van der Waals surface area contributed by atoms with Gasteiger partial charge in [-0.15, -0.1) is 0 Å². The Morgan fingerprint density at radius 3 is 2.27 bits per heavy atom. The Hall–Kier alpha value is -0.700. The molecule has 3 heteroatoms. The van der Waals surface area contributed by atoms with Gasteiger partial charge in [0.15, 0.2) is 0 Å². The van der Waals surface area contributed by atoms with E-state index in [-0.39, 0.29) is 5.82 Å². The van der Waals surface area contributed by atoms with Gasteiger partial charge in [0.25, 0.3) is 0 Å². The van der Waals surface area contributed by atoms with E-state index in [0.717, 1.165) is 5.69 Å². The van der Waals surface area contributed by atoms with Gasteiger partial charge in [-0.25, -0.2) is 4.39 Å². The maximum atomic E-state index is 12.4. The molecule has 0 spiro atoms. The summed E-state index contributed by atoms with van der Waals surface area (Å²) < 4.78 is 14.4. The van der Waals surface area contributed by atoms with Crippen LogP contribution in [0.3, 0.4) is 0 Å². The largest absolute Gasteiger partial charge is 0.320 e. The molecule has 11 heavy (non-hydrogen) atoms. The molecule has 0 aromatic heterocycles. The zero-order valence-electron chi connectivity index (χ0n) is 6.54. The molecule has 0 atom stereocenters. The lowest BCUT2D eigenvalue weighted by Crippen LogP contribution is -2.04. The Morgan fingerprint density at radius 2 is 1.82 bits per heavy atom. The molecule has 0 aliphatic carbocycles. The zero-order valence-corrected chi connectivity index (χ0v) is 7.36. The average molecular weight is 171 g/mol. The Morgan fingerprint density at radius 1 is 1.27 bits per heavy atom. The standard InChI is InChI=1S/C8H10FNS/c1-10(11-2)8-5-3-7(9)4-6-8/h3-6H,1-2H3. The van der Waals surface area contributed by atoms with Gasteiger partial charge in [-0.3, -0.25) is 0 Å². The van der Waals surface area contributed by atoms with Gasteiger partial charge in [0.05, 0.1) is 0 Å². The van der Waals surface area contributed by atoms with Crippen LogP contribution in [0.4, 0.5) is 10.1 Å². The molecule has 1 nitrogen and oxygen atoms in total. The van der Waals surface area contributed by atoms with Crippen LogP contribution in [0.15, 0.2) is 24.3 Å². The van der Waals surface area contributed by atoms with Crippen molar-refractivity contribution in [3.63, 3.8) is 0 Å². The van der Waals surface area contributed by atoms with Crippen LogP contribution in [0.2, 0.25) is 0 Å². The first kappa shape index (κ1) is 8.40. The van der Waals surface area contributed by atoms with Gasteiger partial charge >= 0.3 is 0 Å². The molecule has 0 saturated carbocycles. The molecule has 0 aliphatic rings. The van der Waals surface area contributed by atoms with Crippen molar-refractivity contribution in [1.82, 2.24) is 0 Å². The van der Waals surface area contributed by atoms with Crippen LogP contribution in [0.1, 0.15) is 0 Å². The summed E-state index contributed by atoms with van der Waals surface area (Å²) in [6, 6.07) is 6.43. The topological polar surface area (TPSA) is 3.24 Å². The van der Waals surface area contributed by atoms with Crippen molar-refractivity contribution in [1.29, 1.82) is 0 Å². The maximum absolute atomic E-state index is 12.4. The van der Waals surface area contributed by atoms with Crippen molar-refractivity contribution >= 4 is 17.6 Å². The van der Waals surface area contributed by atoms with Crippen molar-refractivity contribution in [2.45, 2.75) is 0 Å². The summed E-state index contributed by atoms with van der Waals surface area (Å²) in [4.78, 5) is 0. The first-order chi connectivity index (χ1) is 5.24. The van der Waals surface area contributed by atoms with E-state index in [2.05, 4.69) is 0 Å². The second-order valence-electron chi connectivity index (χ2n) is 2.16. The molecule has 0 unspecified atom stereocenters. The molecule has 1 aromatic carbocycles. The number of hydrogen-bond donors (Lipinski definition) is 0. The highest BCUT2D eigenvalue weighted by Gasteiger charge is 1.96. The molecule has 0 fully saturated rings. The summed E-state index contributed by atoms with van der Waals surface area (Å²) in [5.74, 6) is -0.191. The van der Waals surface area contributed by atoms with Crippen LogP contribution in [-0.2, 0) is 0 Å². The highest BCUT2D eigenvalue weighted by molar-refractivity contribution is 7.99. The molecular weight excluding hydrogens is 161 g/mol. The lowest BCUT2D eigenvalue weighted by molar-refractivity contribution is 0.628. The number of benzene rings is 1. The van der Waals surface area contributed by atoms with Crippen LogP contribution in [0.25, 0.3) is 0 Å². The van der Waals surface area contributed by atoms with Crippen molar-refractivity contribution in [3.8, 4) is 0 Å². The Balaban J connectivity index is 2.81. The first-order valence-corrected chi connectivity index (χ1v) is 4.45. The lowest BCUT2D eigenvalue weighted by atomic mass is 10.3. The summed E-state index contributed by atoms with van der Waals surface area (Å²) in [6.07, 6.45) is 1.98. The Bertz CT molecular complexity index is 222. The van der Waals surface area contributed by atoms with Crippen LogP contribution in [-0.4, -0.2) is 13.3 Å². The minimum Gasteiger partial charge on any atom is -0.320 e. The summed E-state index contributed by atoms with van der Waals surface area (Å²) in [5, 5.41) is 0. The molecule has 0 saturated heterocycles. The number of rotatable bonds is 2. The predicted molar refractivity (Wildman–Crippen MR) is 48.3 cm³/mol. The molecular formula is C8H10FNS. The van der Waals surface area contributed by atoms with Crippen LogP contribution < -0.4 is 4.31 Å². The fourth-order valence-corrected chi connectivity index (χ4v) is 1.09. The van der Waals surface area contributed by atoms with Gasteiger partial charge < -0.3 is 4.31 Å². The van der Waals surface area contributed by atoms with Gasteiger partial charge in [-0.2, -0.15) is 0 Å². The fraction of sp³-hybridized carbons (Fsp3) is 0.250. The number of hydrogen-bond acceptors (Lipinski definition) is 2. The van der Waals surface area contributed by atoms with E-state index in [0.29, 0.717) is 0 Å². The summed E-state index contributed by atoms with van der Waals surface area (Å²) in [5.41, 5.74) is 1.01. The number of nitrogens with zero attached hydrogens (tertiary/aromatic N) is 1. The molecule has 0 bridgehead atoms. The molecule has 0 heterocycles. The van der Waals surface area contributed by atoms with E-state index in [4.69, 9.17) is 0 Å². The summed E-state index contributed by atoms with van der Waals surface area (Å²) >= 11 is 1.59. The van der Waals surface area contributed by atoms with Crippen molar-refractivity contribution in [2.24, 2.45) is 0 Å². The lowest BCUT2D eigenvalue weighted by Gasteiger charge is -2.14. The quantitative estimate of drug-likeness (QED) is 0.629. The van der Waals surface area contributed by atoms with E-state index in [1.807, 2.05) is 17.6 Å². The summed E-state index contributed by atoms with van der Waals surface area (Å²) in [7, 11) is 1.94. The van der Waals surface area contributed by atoms with Gasteiger partial charge in [-0.05, 0) is 24.3 Å². The normalized spacial score (nSPS) is 9.73. The maximum Gasteiger partial charge on any atom is 0.123 e. The molecule has 0 amide bonds. The van der Waals surface area contributed by atoms with Crippen LogP contribution in [0, 0.1) is 5.82 Å². The third-order valence-electron chi connectivity index (χ3n) is 1.46. The third kappa shape index (κ3) is 2.12. The SMILES string of the molecule is CSN(C)c1ccc(F)cc1. The summed E-state index contributed by atoms with van der Waals surface area (Å²) in [6.45, 7) is 0. The fourth-order valence-electron chi connectivity index (χ4n) is 0.756. The first-order valence-electron chi connectivity index (χ1n) is 3.27. The Labute approximate surface area is 70.3 Å². The van der Waals surface area contributed by atoms with Crippen molar-refractivity contribution in [3.05, 3.63) is 30.1 Å². The van der Waals surface area contributed by atoms with E-state index in [1.54, 1.807) is 24.1 Å². The minimum atomic E-state index is -0.191. The molecule has 0 radical (unpaired) electrons. The number of halogens is 1. The monoisotopic (exact) mass is 171 g/mol. The van der Waals surface area contributed by atoms with E-state index >= 15 is 0 Å². The highest BCUT2D eigenvalue weighted by atomic mass is 32.2. The smallest absolute Gasteiger partial charge is 0.123 e. The zero-order chi connectivity index (χ0) is 8.27. The minimum absolute atomic E-state index is 0.191. The van der Waals surface area contributed by atoms with Gasteiger partial charge in [0.1, 0.15) is 5.82 Å². The van der Waals surface area contributed by atoms with Crippen molar-refractivity contribution in [2.75, 3.05) is 17.6 Å². The van der Waals surface area contributed by atoms with Crippen LogP contribution >= 0.6 is 11.9 Å². The van der Waals surface area contributed by atoms with E-state index in [9.17, 15) is 4.39 Å².